The molecule has 2 amide bonds. The van der Waals surface area contributed by atoms with Crippen molar-refractivity contribution in [2.24, 2.45) is 10.9 Å². The molecule has 4 N–H and O–H groups in total. The number of rotatable bonds is 7. The highest BCUT2D eigenvalue weighted by Gasteiger charge is 2.38. The Balaban J connectivity index is 0.000000587. The van der Waals surface area contributed by atoms with Crippen LogP contribution in [0.15, 0.2) is 41.6 Å². The quantitative estimate of drug-likeness (QED) is 0.350. The maximum absolute atomic E-state index is 13.6. The minimum Gasteiger partial charge on any atom is -0.494 e. The minimum atomic E-state index is -5.08. The number of ether oxygens (including phenoxy) is 1. The molecule has 0 bridgehead atoms. The Morgan fingerprint density at radius 1 is 1.12 bits per heavy atom. The lowest BCUT2D eigenvalue weighted by atomic mass is 10.1. The van der Waals surface area contributed by atoms with E-state index in [9.17, 15) is 27.2 Å². The number of alkyl halides is 3. The summed E-state index contributed by atoms with van der Waals surface area (Å²) in [7, 11) is 1.37. The molecule has 2 aromatic heterocycles. The zero-order valence-electron chi connectivity index (χ0n) is 21.3. The van der Waals surface area contributed by atoms with Crippen molar-refractivity contribution in [1.82, 2.24) is 25.5 Å². The van der Waals surface area contributed by atoms with E-state index >= 15 is 0 Å². The largest absolute Gasteiger partial charge is 0.494 e. The first kappa shape index (κ1) is 30.3. The Kier molecular flexibility index (Phi) is 9.43. The van der Waals surface area contributed by atoms with Crippen LogP contribution in [0.3, 0.4) is 0 Å². The van der Waals surface area contributed by atoms with E-state index in [1.165, 1.54) is 31.4 Å². The van der Waals surface area contributed by atoms with E-state index in [4.69, 9.17) is 25.2 Å². The van der Waals surface area contributed by atoms with Crippen LogP contribution in [-0.2, 0) is 16.2 Å². The fourth-order valence-corrected chi connectivity index (χ4v) is 3.25. The van der Waals surface area contributed by atoms with Gasteiger partial charge in [0.1, 0.15) is 22.9 Å². The lowest BCUT2D eigenvalue weighted by Crippen LogP contribution is -2.25. The van der Waals surface area contributed by atoms with E-state index in [0.29, 0.717) is 34.9 Å². The maximum atomic E-state index is 13.6. The zero-order valence-corrected chi connectivity index (χ0v) is 21.3. The molecule has 1 atom stereocenters. The predicted octanol–water partition coefficient (Wildman–Crippen LogP) is 2.25. The number of primary amides is 1. The number of benzene rings is 1. The Hall–Kier alpha value is -5.22. The molecule has 3 heterocycles. The highest BCUT2D eigenvalue weighted by atomic mass is 19.4. The number of nitrogens with two attached hydrogens (primary N) is 1. The van der Waals surface area contributed by atoms with Crippen LogP contribution in [0.1, 0.15) is 56.3 Å². The van der Waals surface area contributed by atoms with Crippen LogP contribution < -0.4 is 15.8 Å². The minimum absolute atomic E-state index is 0.0454. The Labute approximate surface area is 228 Å². The van der Waals surface area contributed by atoms with Gasteiger partial charge < -0.3 is 25.7 Å². The summed E-state index contributed by atoms with van der Waals surface area (Å²) in [6.07, 6.45) is -5.28. The molecule has 0 aliphatic carbocycles. The van der Waals surface area contributed by atoms with Crippen LogP contribution in [0.4, 0.5) is 17.6 Å². The molecule has 0 spiro atoms. The molecule has 4 rings (SSSR count). The van der Waals surface area contributed by atoms with Crippen molar-refractivity contribution in [3.63, 3.8) is 0 Å². The number of nitrogens with zero attached hydrogens (tertiary/aromatic N) is 5. The molecule has 1 aromatic carbocycles. The smallest absolute Gasteiger partial charge is 0.490 e. The number of hydrogen-bond acceptors (Lipinski definition) is 10. The number of carbonyl (C=O) groups excluding carboxylic acids is 2. The van der Waals surface area contributed by atoms with Crippen molar-refractivity contribution >= 4 is 23.5 Å². The molecule has 17 heteroatoms. The van der Waals surface area contributed by atoms with Crippen LogP contribution >= 0.6 is 0 Å². The highest BCUT2D eigenvalue weighted by Crippen LogP contribution is 2.27. The summed E-state index contributed by atoms with van der Waals surface area (Å²) >= 11 is 0. The first-order valence-electron chi connectivity index (χ1n) is 11.4. The van der Waals surface area contributed by atoms with Gasteiger partial charge in [0.15, 0.2) is 23.4 Å². The van der Waals surface area contributed by atoms with Gasteiger partial charge in [0.2, 0.25) is 0 Å². The van der Waals surface area contributed by atoms with E-state index in [-0.39, 0.29) is 23.7 Å². The molecule has 0 fully saturated rings. The Bertz CT molecular complexity index is 1480. The first-order valence-corrected chi connectivity index (χ1v) is 11.4. The average Bonchev–Trinajstić information content (AvgIpc) is 3.42. The van der Waals surface area contributed by atoms with Gasteiger partial charge in [-0.05, 0) is 42.8 Å². The van der Waals surface area contributed by atoms with E-state index in [1.54, 1.807) is 19.1 Å². The number of aromatic nitrogens is 4. The topological polar surface area (TPSA) is 192 Å². The van der Waals surface area contributed by atoms with Crippen LogP contribution in [0.2, 0.25) is 0 Å². The molecule has 216 valence electrons. The van der Waals surface area contributed by atoms with Crippen LogP contribution in [0, 0.1) is 12.7 Å². The van der Waals surface area contributed by atoms with Gasteiger partial charge in [0.25, 0.3) is 11.8 Å². The van der Waals surface area contributed by atoms with Crippen molar-refractivity contribution in [1.29, 1.82) is 0 Å². The number of amides is 2. The molecular weight excluding hydrogens is 558 g/mol. The third-order valence-electron chi connectivity index (χ3n) is 5.21. The number of carbonyl (C=O) groups is 3. The molecule has 1 aliphatic heterocycles. The van der Waals surface area contributed by atoms with Gasteiger partial charge >= 0.3 is 12.1 Å². The second-order valence-electron chi connectivity index (χ2n) is 8.18. The SMILES string of the molecule is COc1cc(CNC(=O)c2cc(C3=NOC(c4ccc(C(N)=O)nn4)C3)nc(C)n2)ccc1F.O=C(O)C(F)(F)F. The molecule has 3 aromatic rings. The molecule has 0 saturated carbocycles. The van der Waals surface area contributed by atoms with Crippen molar-refractivity contribution in [3.05, 3.63) is 76.4 Å². The standard InChI is InChI=1S/C22H20FN7O4.C2HF3O2/c1-11-26-16(17-9-20(34-30-17)14-5-6-15(21(24)31)29-28-14)8-18(27-11)22(32)25-10-12-3-4-13(23)19(7-12)33-2;3-2(4,5)1(6)7/h3-8,20H,9-10H2,1-2H3,(H2,24,31)(H,25,32);(H,6,7). The molecule has 13 nitrogen and oxygen atoms in total. The van der Waals surface area contributed by atoms with Crippen LogP contribution in [-0.4, -0.2) is 62.1 Å². The summed E-state index contributed by atoms with van der Waals surface area (Å²) in [6.45, 7) is 1.81. The third kappa shape index (κ3) is 8.13. The summed E-state index contributed by atoms with van der Waals surface area (Å²) in [6, 6.07) is 8.90. The van der Waals surface area contributed by atoms with Gasteiger partial charge in [-0.2, -0.15) is 18.3 Å². The van der Waals surface area contributed by atoms with E-state index in [0.717, 1.165) is 0 Å². The molecular formula is C24H21F4N7O6. The lowest BCUT2D eigenvalue weighted by molar-refractivity contribution is -0.192. The fraction of sp³-hybridized carbons (Fsp3) is 0.250. The average molecular weight is 579 g/mol. The molecule has 1 aliphatic rings. The normalized spacial score (nSPS) is 14.2. The monoisotopic (exact) mass is 579 g/mol. The first-order chi connectivity index (χ1) is 19.3. The summed E-state index contributed by atoms with van der Waals surface area (Å²) < 4.78 is 50.3. The second-order valence-corrected chi connectivity index (χ2v) is 8.18. The number of carboxylic acid groups (broad SMARTS) is 1. The van der Waals surface area contributed by atoms with Crippen molar-refractivity contribution in [2.75, 3.05) is 7.11 Å². The van der Waals surface area contributed by atoms with Crippen molar-refractivity contribution in [2.45, 2.75) is 32.2 Å². The van der Waals surface area contributed by atoms with Crippen LogP contribution in [0.5, 0.6) is 5.75 Å². The number of halogens is 4. The molecule has 41 heavy (non-hydrogen) atoms. The van der Waals surface area contributed by atoms with Crippen molar-refractivity contribution in [3.8, 4) is 5.75 Å². The summed E-state index contributed by atoms with van der Waals surface area (Å²) in [5.74, 6) is -3.88. The molecule has 0 saturated heterocycles. The summed E-state index contributed by atoms with van der Waals surface area (Å²) in [5, 5.41) is 21.7. The molecule has 0 radical (unpaired) electrons. The highest BCUT2D eigenvalue weighted by molar-refractivity contribution is 6.02. The zero-order chi connectivity index (χ0) is 30.3. The predicted molar refractivity (Wildman–Crippen MR) is 130 cm³/mol. The summed E-state index contributed by atoms with van der Waals surface area (Å²) in [4.78, 5) is 46.8. The number of methoxy groups -OCH3 is 1. The van der Waals surface area contributed by atoms with Gasteiger partial charge in [0, 0.05) is 13.0 Å². The number of oxime groups is 1. The number of nitrogens with one attached hydrogen (secondary N) is 1. The number of aryl methyl sites for hydroxylation is 1. The van der Waals surface area contributed by atoms with Gasteiger partial charge in [-0.1, -0.05) is 11.2 Å². The van der Waals surface area contributed by atoms with Gasteiger partial charge in [-0.15, -0.1) is 5.10 Å². The fourth-order valence-electron chi connectivity index (χ4n) is 3.25. The summed E-state index contributed by atoms with van der Waals surface area (Å²) in [5.41, 5.74) is 7.45. The number of hydrogen-bond donors (Lipinski definition) is 3. The Morgan fingerprint density at radius 2 is 1.83 bits per heavy atom. The van der Waals surface area contributed by atoms with Gasteiger partial charge in [0.05, 0.1) is 12.8 Å². The molecule has 1 unspecified atom stereocenters. The van der Waals surface area contributed by atoms with Gasteiger partial charge in [-0.25, -0.2) is 19.2 Å². The number of carboxylic acids is 1. The van der Waals surface area contributed by atoms with E-state index < -0.39 is 35.9 Å². The van der Waals surface area contributed by atoms with Crippen LogP contribution in [0.25, 0.3) is 0 Å². The van der Waals surface area contributed by atoms with Crippen molar-refractivity contribution < 1.29 is 46.6 Å². The lowest BCUT2D eigenvalue weighted by Gasteiger charge is -2.09. The third-order valence-corrected chi connectivity index (χ3v) is 5.21. The van der Waals surface area contributed by atoms with E-state index in [1.807, 2.05) is 0 Å². The Morgan fingerprint density at radius 3 is 2.41 bits per heavy atom. The van der Waals surface area contributed by atoms with Gasteiger partial charge in [-0.3, -0.25) is 9.59 Å². The maximum Gasteiger partial charge on any atom is 0.490 e. The van der Waals surface area contributed by atoms with E-state index in [2.05, 4.69) is 30.6 Å². The second kappa shape index (κ2) is 12.8. The number of aliphatic carboxylic acids is 1.